The van der Waals surface area contributed by atoms with Crippen LogP contribution in [0.3, 0.4) is 0 Å². The molecular formula is C26H26N4O3. The smallest absolute Gasteiger partial charge is 0.268 e. The molecule has 1 aliphatic rings. The van der Waals surface area contributed by atoms with E-state index in [1.165, 1.54) is 0 Å². The van der Waals surface area contributed by atoms with Crippen LogP contribution in [-0.2, 0) is 0 Å². The number of H-pyrrole nitrogens is 2. The van der Waals surface area contributed by atoms with Crippen molar-refractivity contribution in [1.82, 2.24) is 20.2 Å². The maximum Gasteiger partial charge on any atom is 0.268 e. The minimum atomic E-state index is -0.289. The second kappa shape index (κ2) is 8.60. The lowest BCUT2D eigenvalue weighted by Crippen LogP contribution is -2.37. The van der Waals surface area contributed by atoms with Gasteiger partial charge in [0.1, 0.15) is 17.2 Å². The van der Waals surface area contributed by atoms with Gasteiger partial charge in [0.05, 0.1) is 11.1 Å². The van der Waals surface area contributed by atoms with E-state index >= 15 is 0 Å². The second-order valence-corrected chi connectivity index (χ2v) is 8.56. The highest BCUT2D eigenvalue weighted by Gasteiger charge is 2.23. The van der Waals surface area contributed by atoms with Crippen molar-refractivity contribution in [3.8, 4) is 22.8 Å². The van der Waals surface area contributed by atoms with Gasteiger partial charge < -0.3 is 24.9 Å². The first-order valence-electron chi connectivity index (χ1n) is 11.1. The van der Waals surface area contributed by atoms with Crippen molar-refractivity contribution in [2.45, 2.75) is 19.4 Å². The summed E-state index contributed by atoms with van der Waals surface area (Å²) < 4.78 is 6.14. The van der Waals surface area contributed by atoms with E-state index < -0.39 is 0 Å². The van der Waals surface area contributed by atoms with Crippen molar-refractivity contribution in [1.29, 1.82) is 0 Å². The van der Waals surface area contributed by atoms with E-state index in [-0.39, 0.29) is 23.2 Å². The van der Waals surface area contributed by atoms with Crippen LogP contribution in [0, 0.1) is 6.92 Å². The van der Waals surface area contributed by atoms with Crippen LogP contribution in [0.1, 0.15) is 22.6 Å². The monoisotopic (exact) mass is 442 g/mol. The third-order valence-corrected chi connectivity index (χ3v) is 6.09. The Balaban J connectivity index is 1.56. The minimum absolute atomic E-state index is 0.0779. The van der Waals surface area contributed by atoms with Gasteiger partial charge in [-0.3, -0.25) is 9.59 Å². The zero-order chi connectivity index (χ0) is 22.9. The number of hydrogen-bond donors (Lipinski definition) is 3. The Hall–Kier alpha value is -3.84. The molecule has 1 amide bonds. The average Bonchev–Trinajstić information content (AvgIpc) is 3.37. The van der Waals surface area contributed by atoms with Crippen molar-refractivity contribution in [2.75, 3.05) is 20.1 Å². The van der Waals surface area contributed by atoms with Crippen molar-refractivity contribution < 1.29 is 9.53 Å². The van der Waals surface area contributed by atoms with Crippen LogP contribution in [0.15, 0.2) is 65.5 Å². The predicted octanol–water partition coefficient (Wildman–Crippen LogP) is 4.06. The topological polar surface area (TPSA) is 90.2 Å². The number of hydrogen-bond acceptors (Lipinski definition) is 4. The standard InChI is InChI=1S/C26H26N4O3/c1-16-23-20(14-21(29-26(23)32)25(31)28-17-12-13-30(2)15-17)24(27-16)19-10-6-7-11-22(19)33-18-8-4-3-5-9-18/h3-11,14,17,27H,12-13,15H2,1-2H3,(H,28,31)(H,29,32). The quantitative estimate of drug-likeness (QED) is 0.435. The van der Waals surface area contributed by atoms with Gasteiger partial charge in [0.2, 0.25) is 0 Å². The molecule has 2 aromatic carbocycles. The number of fused-ring (bicyclic) bond motifs is 1. The third-order valence-electron chi connectivity index (χ3n) is 6.09. The summed E-state index contributed by atoms with van der Waals surface area (Å²) in [4.78, 5) is 34.2. The van der Waals surface area contributed by atoms with Gasteiger partial charge in [0.15, 0.2) is 0 Å². The average molecular weight is 443 g/mol. The lowest BCUT2D eigenvalue weighted by atomic mass is 10.1. The molecule has 0 radical (unpaired) electrons. The zero-order valence-electron chi connectivity index (χ0n) is 18.6. The molecule has 0 spiro atoms. The number of ether oxygens (including phenoxy) is 1. The highest BCUT2D eigenvalue weighted by Crippen LogP contribution is 2.37. The van der Waals surface area contributed by atoms with Crippen molar-refractivity contribution in [2.24, 2.45) is 0 Å². The maximum absolute atomic E-state index is 12.9. The molecule has 2 aromatic heterocycles. The van der Waals surface area contributed by atoms with Gasteiger partial charge in [-0.1, -0.05) is 30.3 Å². The molecule has 1 unspecified atom stereocenters. The maximum atomic E-state index is 12.9. The van der Waals surface area contributed by atoms with Crippen LogP contribution in [0.5, 0.6) is 11.5 Å². The van der Waals surface area contributed by atoms with E-state index in [4.69, 9.17) is 4.74 Å². The second-order valence-electron chi connectivity index (χ2n) is 8.56. The van der Waals surface area contributed by atoms with E-state index in [2.05, 4.69) is 20.2 Å². The van der Waals surface area contributed by atoms with Crippen LogP contribution in [-0.4, -0.2) is 47.0 Å². The molecule has 1 fully saturated rings. The Morgan fingerprint density at radius 1 is 1.09 bits per heavy atom. The molecular weight excluding hydrogens is 416 g/mol. The van der Waals surface area contributed by atoms with Gasteiger partial charge >= 0.3 is 0 Å². The molecule has 7 heteroatoms. The molecule has 1 aliphatic heterocycles. The summed E-state index contributed by atoms with van der Waals surface area (Å²) >= 11 is 0. The number of likely N-dealkylation sites (tertiary alicyclic amines) is 1. The molecule has 7 nitrogen and oxygen atoms in total. The Bertz CT molecular complexity index is 1370. The number of carbonyl (C=O) groups excluding carboxylic acids is 1. The lowest BCUT2D eigenvalue weighted by Gasteiger charge is -2.13. The minimum Gasteiger partial charge on any atom is -0.457 e. The fourth-order valence-electron chi connectivity index (χ4n) is 4.47. The highest BCUT2D eigenvalue weighted by molar-refractivity contribution is 6.03. The molecule has 0 saturated carbocycles. The Morgan fingerprint density at radius 2 is 1.85 bits per heavy atom. The Morgan fingerprint density at radius 3 is 2.61 bits per heavy atom. The molecule has 4 aromatic rings. The number of para-hydroxylation sites is 2. The first-order valence-corrected chi connectivity index (χ1v) is 11.1. The van der Waals surface area contributed by atoms with E-state index in [0.29, 0.717) is 16.5 Å². The predicted molar refractivity (Wildman–Crippen MR) is 129 cm³/mol. The van der Waals surface area contributed by atoms with Gasteiger partial charge in [-0.15, -0.1) is 0 Å². The number of aromatic nitrogens is 2. The number of nitrogens with zero attached hydrogens (tertiary/aromatic N) is 1. The fourth-order valence-corrected chi connectivity index (χ4v) is 4.47. The number of pyridine rings is 1. The Labute approximate surface area is 191 Å². The highest BCUT2D eigenvalue weighted by atomic mass is 16.5. The number of rotatable bonds is 5. The lowest BCUT2D eigenvalue weighted by molar-refractivity contribution is 0.0933. The first kappa shape index (κ1) is 21.0. The number of amides is 1. The summed E-state index contributed by atoms with van der Waals surface area (Å²) in [6, 6.07) is 19.0. The molecule has 33 heavy (non-hydrogen) atoms. The Kier molecular flexibility index (Phi) is 5.48. The normalized spacial score (nSPS) is 16.2. The molecule has 1 atom stereocenters. The van der Waals surface area contributed by atoms with Crippen LogP contribution in [0.2, 0.25) is 0 Å². The van der Waals surface area contributed by atoms with E-state index in [0.717, 1.165) is 42.2 Å². The molecule has 5 rings (SSSR count). The number of likely N-dealkylation sites (N-methyl/N-ethyl adjacent to an activating group) is 1. The summed E-state index contributed by atoms with van der Waals surface area (Å²) in [6.07, 6.45) is 0.896. The number of benzene rings is 2. The van der Waals surface area contributed by atoms with Crippen LogP contribution in [0.25, 0.3) is 22.0 Å². The molecule has 168 valence electrons. The van der Waals surface area contributed by atoms with Crippen molar-refractivity contribution in [3.05, 3.63) is 82.4 Å². The van der Waals surface area contributed by atoms with E-state index in [1.807, 2.05) is 68.6 Å². The van der Waals surface area contributed by atoms with E-state index in [1.54, 1.807) is 6.07 Å². The first-order chi connectivity index (χ1) is 16.0. The van der Waals surface area contributed by atoms with Gasteiger partial charge in [-0.25, -0.2) is 0 Å². The van der Waals surface area contributed by atoms with Crippen LogP contribution < -0.4 is 15.6 Å². The number of nitrogens with one attached hydrogen (secondary N) is 3. The van der Waals surface area contributed by atoms with Crippen LogP contribution in [0.4, 0.5) is 0 Å². The van der Waals surface area contributed by atoms with Gasteiger partial charge in [-0.05, 0) is 57.3 Å². The summed E-state index contributed by atoms with van der Waals surface area (Å²) in [7, 11) is 2.03. The summed E-state index contributed by atoms with van der Waals surface area (Å²) in [5, 5.41) is 4.27. The fraction of sp³-hybridized carbons (Fsp3) is 0.231. The largest absolute Gasteiger partial charge is 0.457 e. The third kappa shape index (κ3) is 4.15. The van der Waals surface area contributed by atoms with Crippen molar-refractivity contribution >= 4 is 16.7 Å². The molecule has 0 aliphatic carbocycles. The molecule has 3 heterocycles. The number of aromatic amines is 2. The molecule has 1 saturated heterocycles. The van der Waals surface area contributed by atoms with Gasteiger partial charge in [-0.2, -0.15) is 0 Å². The van der Waals surface area contributed by atoms with Crippen LogP contribution >= 0.6 is 0 Å². The van der Waals surface area contributed by atoms with Gasteiger partial charge in [0.25, 0.3) is 11.5 Å². The van der Waals surface area contributed by atoms with Gasteiger partial charge in [0, 0.05) is 29.2 Å². The van der Waals surface area contributed by atoms with E-state index in [9.17, 15) is 9.59 Å². The summed E-state index contributed by atoms with van der Waals surface area (Å²) in [6.45, 7) is 3.60. The SMILES string of the molecule is Cc1[nH]c(-c2ccccc2Oc2ccccc2)c2cc(C(=O)NC3CCN(C)C3)[nH]c(=O)c12. The molecule has 3 N–H and O–H groups in total. The van der Waals surface area contributed by atoms with Crippen molar-refractivity contribution in [3.63, 3.8) is 0 Å². The zero-order valence-corrected chi connectivity index (χ0v) is 18.6. The number of carbonyl (C=O) groups is 1. The number of aryl methyl sites for hydroxylation is 1. The molecule has 0 bridgehead atoms. The summed E-state index contributed by atoms with van der Waals surface area (Å²) in [5.41, 5.74) is 2.26. The summed E-state index contributed by atoms with van der Waals surface area (Å²) in [5.74, 6) is 1.11.